The summed E-state index contributed by atoms with van der Waals surface area (Å²) in [6, 6.07) is 6.39. The predicted molar refractivity (Wildman–Crippen MR) is 88.1 cm³/mol. The number of hydrogen-bond donors (Lipinski definition) is 2. The molecule has 0 radical (unpaired) electrons. The van der Waals surface area contributed by atoms with Crippen LogP contribution in [-0.4, -0.2) is 53.7 Å². The van der Waals surface area contributed by atoms with E-state index in [1.807, 2.05) is 0 Å². The van der Waals surface area contributed by atoms with Gasteiger partial charge in [-0.2, -0.15) is 0 Å². The predicted octanol–water partition coefficient (Wildman–Crippen LogP) is 0.931. The average molecular weight is 350 g/mol. The maximum absolute atomic E-state index is 14.0. The molecule has 1 aliphatic carbocycles. The van der Waals surface area contributed by atoms with Gasteiger partial charge in [-0.05, 0) is 18.9 Å². The van der Waals surface area contributed by atoms with E-state index in [2.05, 4.69) is 5.32 Å². The van der Waals surface area contributed by atoms with Gasteiger partial charge in [-0.15, -0.1) is 0 Å². The van der Waals surface area contributed by atoms with Crippen molar-refractivity contribution in [3.05, 3.63) is 35.6 Å². The van der Waals surface area contributed by atoms with Crippen LogP contribution in [0.5, 0.6) is 0 Å². The summed E-state index contributed by atoms with van der Waals surface area (Å²) >= 11 is 0. The Bertz CT molecular complexity index is 677. The second-order valence-corrected chi connectivity index (χ2v) is 7.00. The number of ether oxygens (including phenoxy) is 1. The smallest absolute Gasteiger partial charge is 0.223 e. The van der Waals surface area contributed by atoms with Gasteiger partial charge in [-0.25, -0.2) is 4.39 Å². The molecule has 1 aromatic rings. The molecule has 0 bridgehead atoms. The van der Waals surface area contributed by atoms with Crippen molar-refractivity contribution < 1.29 is 23.8 Å². The molecule has 1 aromatic carbocycles. The molecular weight excluding hydrogens is 327 g/mol. The summed E-state index contributed by atoms with van der Waals surface area (Å²) in [5.74, 6) is -0.897. The SMILES string of the molecule is CC(=O)N1CCOC[C@@](O)(CC(=O)NC2(c3ccccc3F)CC2)C1. The summed E-state index contributed by atoms with van der Waals surface area (Å²) in [5, 5.41) is 13.6. The first kappa shape index (κ1) is 17.8. The van der Waals surface area contributed by atoms with E-state index in [0.717, 1.165) is 0 Å². The van der Waals surface area contributed by atoms with Crippen LogP contribution in [0.2, 0.25) is 0 Å². The third-order valence-electron chi connectivity index (χ3n) is 4.81. The lowest BCUT2D eigenvalue weighted by molar-refractivity contribution is -0.136. The Morgan fingerprint density at radius 3 is 2.72 bits per heavy atom. The van der Waals surface area contributed by atoms with Crippen LogP contribution >= 0.6 is 0 Å². The maximum Gasteiger partial charge on any atom is 0.223 e. The first-order chi connectivity index (χ1) is 11.8. The van der Waals surface area contributed by atoms with Crippen LogP contribution in [0, 0.1) is 5.82 Å². The molecule has 2 fully saturated rings. The molecule has 6 nitrogen and oxygen atoms in total. The largest absolute Gasteiger partial charge is 0.385 e. The Morgan fingerprint density at radius 1 is 1.36 bits per heavy atom. The van der Waals surface area contributed by atoms with Crippen LogP contribution in [0.1, 0.15) is 31.7 Å². The zero-order valence-electron chi connectivity index (χ0n) is 14.3. The summed E-state index contributed by atoms with van der Waals surface area (Å²) in [5.41, 5.74) is -1.67. The van der Waals surface area contributed by atoms with E-state index < -0.39 is 11.1 Å². The van der Waals surface area contributed by atoms with Crippen LogP contribution in [0.15, 0.2) is 24.3 Å². The fourth-order valence-corrected chi connectivity index (χ4v) is 3.34. The molecule has 1 heterocycles. The molecule has 25 heavy (non-hydrogen) atoms. The Morgan fingerprint density at radius 2 is 2.08 bits per heavy atom. The average Bonchev–Trinajstić information content (AvgIpc) is 3.32. The third-order valence-corrected chi connectivity index (χ3v) is 4.81. The number of benzene rings is 1. The van der Waals surface area contributed by atoms with E-state index >= 15 is 0 Å². The lowest BCUT2D eigenvalue weighted by Gasteiger charge is -2.30. The van der Waals surface area contributed by atoms with E-state index in [-0.39, 0.29) is 37.2 Å². The second kappa shape index (κ2) is 6.72. The Balaban J connectivity index is 1.67. The van der Waals surface area contributed by atoms with Gasteiger partial charge in [0.2, 0.25) is 11.8 Å². The number of nitrogens with one attached hydrogen (secondary N) is 1. The highest BCUT2D eigenvalue weighted by Gasteiger charge is 2.48. The number of aliphatic hydroxyl groups is 1. The number of nitrogens with zero attached hydrogens (tertiary/aromatic N) is 1. The molecule has 1 saturated heterocycles. The van der Waals surface area contributed by atoms with Gasteiger partial charge in [0.15, 0.2) is 0 Å². The number of carbonyl (C=O) groups is 2. The molecule has 2 amide bonds. The number of carbonyl (C=O) groups excluding carboxylic acids is 2. The highest BCUT2D eigenvalue weighted by atomic mass is 19.1. The van der Waals surface area contributed by atoms with Crippen LogP contribution in [0.3, 0.4) is 0 Å². The fourth-order valence-electron chi connectivity index (χ4n) is 3.34. The lowest BCUT2D eigenvalue weighted by atomic mass is 9.98. The molecule has 0 aromatic heterocycles. The van der Waals surface area contributed by atoms with Crippen molar-refractivity contribution in [1.29, 1.82) is 0 Å². The normalized spacial score (nSPS) is 25.2. The van der Waals surface area contributed by atoms with Gasteiger partial charge < -0.3 is 20.1 Å². The van der Waals surface area contributed by atoms with Crippen molar-refractivity contribution in [2.24, 2.45) is 0 Å². The molecule has 0 spiro atoms. The number of hydrogen-bond acceptors (Lipinski definition) is 4. The minimum atomic E-state index is -1.45. The zero-order valence-corrected chi connectivity index (χ0v) is 14.3. The van der Waals surface area contributed by atoms with Crippen LogP contribution in [0.25, 0.3) is 0 Å². The molecule has 0 unspecified atom stereocenters. The molecule has 7 heteroatoms. The minimum Gasteiger partial charge on any atom is -0.385 e. The first-order valence-corrected chi connectivity index (χ1v) is 8.45. The number of halogens is 1. The van der Waals surface area contributed by atoms with Gasteiger partial charge >= 0.3 is 0 Å². The molecule has 3 rings (SSSR count). The van der Waals surface area contributed by atoms with Crippen molar-refractivity contribution in [2.75, 3.05) is 26.3 Å². The molecule has 2 N–H and O–H groups in total. The standard InChI is InChI=1S/C18H23FN2O4/c1-13(22)21-8-9-25-12-17(24,11-21)10-16(23)20-18(6-7-18)14-4-2-3-5-15(14)19/h2-5,24H,6-12H2,1H3,(H,20,23)/t17-/m1/s1. The van der Waals surface area contributed by atoms with E-state index in [9.17, 15) is 19.1 Å². The highest BCUT2D eigenvalue weighted by molar-refractivity contribution is 5.79. The van der Waals surface area contributed by atoms with Crippen molar-refractivity contribution in [2.45, 2.75) is 37.3 Å². The number of rotatable bonds is 4. The molecule has 1 atom stereocenters. The van der Waals surface area contributed by atoms with Gasteiger partial charge in [0.25, 0.3) is 0 Å². The van der Waals surface area contributed by atoms with Crippen molar-refractivity contribution in [3.8, 4) is 0 Å². The van der Waals surface area contributed by atoms with Gasteiger partial charge in [0.05, 0.1) is 31.7 Å². The van der Waals surface area contributed by atoms with E-state index in [1.54, 1.807) is 18.2 Å². The summed E-state index contributed by atoms with van der Waals surface area (Å²) in [7, 11) is 0. The quantitative estimate of drug-likeness (QED) is 0.847. The summed E-state index contributed by atoms with van der Waals surface area (Å²) in [4.78, 5) is 25.6. The highest BCUT2D eigenvalue weighted by Crippen LogP contribution is 2.46. The van der Waals surface area contributed by atoms with Crippen LogP contribution < -0.4 is 5.32 Å². The van der Waals surface area contributed by atoms with Crippen molar-refractivity contribution in [3.63, 3.8) is 0 Å². The zero-order chi connectivity index (χ0) is 18.1. The van der Waals surface area contributed by atoms with Crippen molar-refractivity contribution in [1.82, 2.24) is 10.2 Å². The van der Waals surface area contributed by atoms with Gasteiger partial charge in [-0.1, -0.05) is 18.2 Å². The van der Waals surface area contributed by atoms with Crippen LogP contribution in [-0.2, 0) is 19.9 Å². The van der Waals surface area contributed by atoms with Crippen LogP contribution in [0.4, 0.5) is 4.39 Å². The summed E-state index contributed by atoms with van der Waals surface area (Å²) < 4.78 is 19.4. The van der Waals surface area contributed by atoms with Gasteiger partial charge in [-0.3, -0.25) is 9.59 Å². The molecule has 1 saturated carbocycles. The molecular formula is C18H23FN2O4. The lowest BCUT2D eigenvalue weighted by Crippen LogP contribution is -2.50. The Labute approximate surface area is 146 Å². The summed E-state index contributed by atoms with van der Waals surface area (Å²) in [6.45, 7) is 2.16. The molecule has 1 aliphatic heterocycles. The minimum absolute atomic E-state index is 0.0170. The van der Waals surface area contributed by atoms with Gasteiger partial charge in [0, 0.05) is 19.0 Å². The molecule has 136 valence electrons. The second-order valence-electron chi connectivity index (χ2n) is 7.00. The maximum atomic E-state index is 14.0. The van der Waals surface area contributed by atoms with E-state index in [4.69, 9.17) is 4.74 Å². The van der Waals surface area contributed by atoms with Gasteiger partial charge in [0.1, 0.15) is 11.4 Å². The van der Waals surface area contributed by atoms with E-state index in [1.165, 1.54) is 17.9 Å². The fraction of sp³-hybridized carbons (Fsp3) is 0.556. The molecule has 2 aliphatic rings. The first-order valence-electron chi connectivity index (χ1n) is 8.45. The number of amides is 2. The summed E-state index contributed by atoms with van der Waals surface area (Å²) in [6.07, 6.45) is 1.12. The third kappa shape index (κ3) is 3.99. The van der Waals surface area contributed by atoms with E-state index in [0.29, 0.717) is 31.6 Å². The monoisotopic (exact) mass is 350 g/mol. The number of β-amino-alcohol motifs (C(OH)–C–C–N with tert-alkyl or cyclic N) is 1. The van der Waals surface area contributed by atoms with Crippen molar-refractivity contribution >= 4 is 11.8 Å². The topological polar surface area (TPSA) is 78.9 Å². The Hall–Kier alpha value is -1.99. The Kier molecular flexibility index (Phi) is 4.79.